The number of hydrogen-bond acceptors (Lipinski definition) is 3. The number of anilines is 1. The highest BCUT2D eigenvalue weighted by Crippen LogP contribution is 2.11. The van der Waals surface area contributed by atoms with Gasteiger partial charge in [0.05, 0.1) is 13.0 Å². The molecule has 2 rings (SSSR count). The van der Waals surface area contributed by atoms with Crippen molar-refractivity contribution in [2.45, 2.75) is 19.3 Å². The molecule has 0 unspecified atom stereocenters. The van der Waals surface area contributed by atoms with E-state index < -0.39 is 5.97 Å². The molecule has 2 N–H and O–H groups in total. The lowest BCUT2D eigenvalue weighted by Gasteiger charge is -2.08. The minimum atomic E-state index is -0.806. The molecule has 0 aliphatic heterocycles. The summed E-state index contributed by atoms with van der Waals surface area (Å²) in [7, 11) is 0. The maximum atomic E-state index is 10.6. The van der Waals surface area contributed by atoms with E-state index in [2.05, 4.69) is 5.32 Å². The summed E-state index contributed by atoms with van der Waals surface area (Å²) in [6, 6.07) is 17.3. The molecule has 0 aliphatic rings. The van der Waals surface area contributed by atoms with Gasteiger partial charge in [-0.2, -0.15) is 0 Å². The van der Waals surface area contributed by atoms with E-state index in [0.29, 0.717) is 6.61 Å². The Morgan fingerprint density at radius 1 is 1.00 bits per heavy atom. The zero-order valence-electron chi connectivity index (χ0n) is 12.5. The van der Waals surface area contributed by atoms with E-state index in [1.54, 1.807) is 0 Å². The Labute approximate surface area is 130 Å². The molecular formula is C18H21NO3. The van der Waals surface area contributed by atoms with Gasteiger partial charge in [-0.3, -0.25) is 4.79 Å². The zero-order chi connectivity index (χ0) is 15.6. The Balaban J connectivity index is 1.59. The molecule has 0 spiro atoms. The largest absolute Gasteiger partial charge is 0.494 e. The van der Waals surface area contributed by atoms with Gasteiger partial charge in [-0.1, -0.05) is 30.3 Å². The summed E-state index contributed by atoms with van der Waals surface area (Å²) < 4.78 is 5.63. The predicted molar refractivity (Wildman–Crippen MR) is 87.4 cm³/mol. The van der Waals surface area contributed by atoms with Gasteiger partial charge in [0.25, 0.3) is 0 Å². The SMILES string of the molecule is O=C(O)Cc1ccc(NCCCCOc2ccccc2)cc1. The van der Waals surface area contributed by atoms with Crippen molar-refractivity contribution in [2.24, 2.45) is 0 Å². The first-order chi connectivity index (χ1) is 10.7. The van der Waals surface area contributed by atoms with Gasteiger partial charge in [-0.05, 0) is 42.7 Å². The third-order valence-corrected chi connectivity index (χ3v) is 3.22. The highest BCUT2D eigenvalue weighted by atomic mass is 16.5. The minimum absolute atomic E-state index is 0.0666. The molecule has 0 aliphatic carbocycles. The Morgan fingerprint density at radius 2 is 1.73 bits per heavy atom. The van der Waals surface area contributed by atoms with Crippen LogP contribution in [-0.2, 0) is 11.2 Å². The molecule has 116 valence electrons. The summed E-state index contributed by atoms with van der Waals surface area (Å²) in [5.74, 6) is 0.101. The molecule has 0 saturated carbocycles. The fourth-order valence-corrected chi connectivity index (χ4v) is 2.08. The van der Waals surface area contributed by atoms with Crippen molar-refractivity contribution in [3.63, 3.8) is 0 Å². The van der Waals surface area contributed by atoms with Crippen LogP contribution in [0.15, 0.2) is 54.6 Å². The molecule has 0 amide bonds. The Morgan fingerprint density at radius 3 is 2.41 bits per heavy atom. The van der Waals surface area contributed by atoms with Crippen LogP contribution in [0.3, 0.4) is 0 Å². The molecule has 0 saturated heterocycles. The molecule has 4 heteroatoms. The average molecular weight is 299 g/mol. The van der Waals surface area contributed by atoms with Crippen LogP contribution in [0.25, 0.3) is 0 Å². The smallest absolute Gasteiger partial charge is 0.307 e. The van der Waals surface area contributed by atoms with E-state index >= 15 is 0 Å². The van der Waals surface area contributed by atoms with Gasteiger partial charge < -0.3 is 15.2 Å². The Kier molecular flexibility index (Phi) is 6.30. The van der Waals surface area contributed by atoms with Crippen molar-refractivity contribution in [1.29, 1.82) is 0 Å². The lowest BCUT2D eigenvalue weighted by Crippen LogP contribution is -2.05. The second-order valence-corrected chi connectivity index (χ2v) is 5.06. The summed E-state index contributed by atoms with van der Waals surface area (Å²) in [4.78, 5) is 10.6. The van der Waals surface area contributed by atoms with E-state index in [1.807, 2.05) is 54.6 Å². The summed E-state index contributed by atoms with van der Waals surface area (Å²) in [6.07, 6.45) is 2.07. The summed E-state index contributed by atoms with van der Waals surface area (Å²) in [6.45, 7) is 1.58. The lowest BCUT2D eigenvalue weighted by molar-refractivity contribution is -0.136. The lowest BCUT2D eigenvalue weighted by atomic mass is 10.1. The second kappa shape index (κ2) is 8.72. The maximum Gasteiger partial charge on any atom is 0.307 e. The van der Waals surface area contributed by atoms with Crippen LogP contribution in [0.5, 0.6) is 5.75 Å². The number of ether oxygens (including phenoxy) is 1. The molecule has 4 nitrogen and oxygen atoms in total. The summed E-state index contributed by atoms with van der Waals surface area (Å²) >= 11 is 0. The van der Waals surface area contributed by atoms with Crippen molar-refractivity contribution in [3.05, 3.63) is 60.2 Å². The van der Waals surface area contributed by atoms with Gasteiger partial charge in [-0.25, -0.2) is 0 Å². The van der Waals surface area contributed by atoms with E-state index in [-0.39, 0.29) is 6.42 Å². The summed E-state index contributed by atoms with van der Waals surface area (Å²) in [5, 5.41) is 12.0. The minimum Gasteiger partial charge on any atom is -0.494 e. The molecule has 2 aromatic rings. The number of hydrogen-bond donors (Lipinski definition) is 2. The van der Waals surface area contributed by atoms with Gasteiger partial charge in [0.2, 0.25) is 0 Å². The quantitative estimate of drug-likeness (QED) is 0.695. The molecule has 0 fully saturated rings. The number of carbonyl (C=O) groups is 1. The average Bonchev–Trinajstić information content (AvgIpc) is 2.53. The van der Waals surface area contributed by atoms with Gasteiger partial charge in [0.15, 0.2) is 0 Å². The van der Waals surface area contributed by atoms with Crippen molar-refractivity contribution in [3.8, 4) is 5.75 Å². The molecular weight excluding hydrogens is 278 g/mol. The third kappa shape index (κ3) is 5.87. The topological polar surface area (TPSA) is 58.6 Å². The molecule has 2 aromatic carbocycles. The van der Waals surface area contributed by atoms with Crippen LogP contribution in [0, 0.1) is 0 Å². The zero-order valence-corrected chi connectivity index (χ0v) is 12.5. The highest BCUT2D eigenvalue weighted by molar-refractivity contribution is 5.70. The summed E-state index contributed by atoms with van der Waals surface area (Å²) in [5.41, 5.74) is 1.83. The number of carboxylic acid groups (broad SMARTS) is 1. The van der Waals surface area contributed by atoms with Crippen molar-refractivity contribution >= 4 is 11.7 Å². The number of rotatable bonds is 9. The van der Waals surface area contributed by atoms with E-state index in [9.17, 15) is 4.79 Å². The number of para-hydroxylation sites is 1. The van der Waals surface area contributed by atoms with E-state index in [0.717, 1.165) is 36.4 Å². The van der Waals surface area contributed by atoms with Crippen LogP contribution < -0.4 is 10.1 Å². The first kappa shape index (κ1) is 15.9. The normalized spacial score (nSPS) is 10.2. The first-order valence-corrected chi connectivity index (χ1v) is 7.46. The molecule has 0 atom stereocenters. The van der Waals surface area contributed by atoms with Crippen LogP contribution in [0.1, 0.15) is 18.4 Å². The number of aliphatic carboxylic acids is 1. The van der Waals surface area contributed by atoms with Gasteiger partial charge >= 0.3 is 5.97 Å². The van der Waals surface area contributed by atoms with Gasteiger partial charge in [0.1, 0.15) is 5.75 Å². The Hall–Kier alpha value is -2.49. The number of unbranched alkanes of at least 4 members (excludes halogenated alkanes) is 1. The van der Waals surface area contributed by atoms with Crippen molar-refractivity contribution in [2.75, 3.05) is 18.5 Å². The van der Waals surface area contributed by atoms with Crippen molar-refractivity contribution in [1.82, 2.24) is 0 Å². The number of nitrogens with one attached hydrogen (secondary N) is 1. The molecule has 22 heavy (non-hydrogen) atoms. The predicted octanol–water partition coefficient (Wildman–Crippen LogP) is 3.58. The maximum absolute atomic E-state index is 10.6. The van der Waals surface area contributed by atoms with E-state index in [4.69, 9.17) is 9.84 Å². The second-order valence-electron chi connectivity index (χ2n) is 5.06. The molecule has 0 bridgehead atoms. The van der Waals surface area contributed by atoms with Crippen LogP contribution in [-0.4, -0.2) is 24.2 Å². The van der Waals surface area contributed by atoms with Crippen LogP contribution in [0.2, 0.25) is 0 Å². The number of benzene rings is 2. The monoisotopic (exact) mass is 299 g/mol. The van der Waals surface area contributed by atoms with Crippen LogP contribution >= 0.6 is 0 Å². The van der Waals surface area contributed by atoms with Crippen LogP contribution in [0.4, 0.5) is 5.69 Å². The fraction of sp³-hybridized carbons (Fsp3) is 0.278. The fourth-order valence-electron chi connectivity index (χ4n) is 2.08. The third-order valence-electron chi connectivity index (χ3n) is 3.22. The molecule has 0 aromatic heterocycles. The van der Waals surface area contributed by atoms with Gasteiger partial charge in [0, 0.05) is 12.2 Å². The molecule has 0 radical (unpaired) electrons. The number of carboxylic acids is 1. The molecule has 0 heterocycles. The Bertz CT molecular complexity index is 567. The van der Waals surface area contributed by atoms with Crippen molar-refractivity contribution < 1.29 is 14.6 Å². The first-order valence-electron chi connectivity index (χ1n) is 7.46. The standard InChI is InChI=1S/C18H21NO3/c20-18(21)14-15-8-10-16(11-9-15)19-12-4-5-13-22-17-6-2-1-3-7-17/h1-3,6-11,19H,4-5,12-14H2,(H,20,21). The highest BCUT2D eigenvalue weighted by Gasteiger charge is 2.00. The van der Waals surface area contributed by atoms with Gasteiger partial charge in [-0.15, -0.1) is 0 Å². The van der Waals surface area contributed by atoms with E-state index in [1.165, 1.54) is 0 Å².